The minimum Gasteiger partial charge on any atom is -0.355 e. The number of benzene rings is 1. The summed E-state index contributed by atoms with van der Waals surface area (Å²) in [5.41, 5.74) is 2.32. The predicted molar refractivity (Wildman–Crippen MR) is 125 cm³/mol. The summed E-state index contributed by atoms with van der Waals surface area (Å²) in [7, 11) is 0. The molecular formula is C22H21ClFN7OS. The number of fused-ring (bicyclic) bond motifs is 1. The molecule has 1 fully saturated rings. The number of aromatic nitrogens is 5. The molecule has 0 saturated carbocycles. The van der Waals surface area contributed by atoms with Crippen LogP contribution >= 0.6 is 22.9 Å². The van der Waals surface area contributed by atoms with Crippen molar-refractivity contribution in [1.29, 1.82) is 0 Å². The first-order valence-electron chi connectivity index (χ1n) is 10.6. The second kappa shape index (κ2) is 9.03. The zero-order valence-corrected chi connectivity index (χ0v) is 19.4. The lowest BCUT2D eigenvalue weighted by Gasteiger charge is -2.34. The number of hydrogen-bond acceptors (Lipinski definition) is 7. The number of thiophene rings is 1. The first-order valence-corrected chi connectivity index (χ1v) is 11.8. The Bertz CT molecular complexity index is 1300. The van der Waals surface area contributed by atoms with E-state index >= 15 is 0 Å². The van der Waals surface area contributed by atoms with Gasteiger partial charge in [0.15, 0.2) is 11.5 Å². The number of hydrogen-bond donors (Lipinski definition) is 0. The third kappa shape index (κ3) is 4.40. The molecule has 4 heterocycles. The first kappa shape index (κ1) is 21.7. The van der Waals surface area contributed by atoms with E-state index in [1.165, 1.54) is 16.8 Å². The Labute approximate surface area is 198 Å². The number of halogens is 2. The minimum atomic E-state index is -0.500. The molecule has 0 N–H and O–H groups in total. The van der Waals surface area contributed by atoms with Crippen LogP contribution in [0.3, 0.4) is 0 Å². The van der Waals surface area contributed by atoms with Crippen molar-refractivity contribution in [2.24, 2.45) is 5.92 Å². The van der Waals surface area contributed by atoms with Crippen molar-refractivity contribution in [3.8, 4) is 0 Å². The van der Waals surface area contributed by atoms with Gasteiger partial charge in [-0.25, -0.2) is 4.39 Å². The summed E-state index contributed by atoms with van der Waals surface area (Å²) in [4.78, 5) is 18.6. The van der Waals surface area contributed by atoms with Gasteiger partial charge in [0.1, 0.15) is 5.82 Å². The summed E-state index contributed by atoms with van der Waals surface area (Å²) in [6.07, 6.45) is 1.37. The van der Waals surface area contributed by atoms with E-state index < -0.39 is 5.82 Å². The normalized spacial score (nSPS) is 14.7. The van der Waals surface area contributed by atoms with E-state index in [0.29, 0.717) is 43.8 Å². The minimum absolute atomic E-state index is 0.00656. The fraction of sp³-hybridized carbons (Fsp3) is 0.318. The predicted octanol–water partition coefficient (Wildman–Crippen LogP) is 4.13. The van der Waals surface area contributed by atoms with E-state index in [9.17, 15) is 9.18 Å². The van der Waals surface area contributed by atoms with E-state index in [4.69, 9.17) is 11.6 Å². The maximum atomic E-state index is 13.8. The van der Waals surface area contributed by atoms with Crippen LogP contribution in [0.5, 0.6) is 0 Å². The standard InChI is InChI=1S/C22H21ClFN7OS/c1-14-8-11-33-19(14)13-30(16-2-3-18(24)17(23)12-16)22(32)15-6-9-29(10-7-15)21-5-4-20-25-27-28-31(20)26-21/h2-5,8,11-12,15H,6-7,9-10,13H2,1H3. The third-order valence-electron chi connectivity index (χ3n) is 5.97. The Kier molecular flexibility index (Phi) is 5.94. The van der Waals surface area contributed by atoms with Crippen molar-refractivity contribution in [3.05, 3.63) is 63.1 Å². The molecule has 0 radical (unpaired) electrons. The monoisotopic (exact) mass is 485 g/mol. The number of anilines is 2. The molecule has 170 valence electrons. The first-order chi connectivity index (χ1) is 16.0. The van der Waals surface area contributed by atoms with Crippen LogP contribution in [0.1, 0.15) is 23.3 Å². The fourth-order valence-corrected chi connectivity index (χ4v) is 5.11. The average molecular weight is 486 g/mol. The van der Waals surface area contributed by atoms with Crippen LogP contribution in [-0.4, -0.2) is 44.3 Å². The van der Waals surface area contributed by atoms with Gasteiger partial charge < -0.3 is 9.80 Å². The van der Waals surface area contributed by atoms with Gasteiger partial charge in [-0.2, -0.15) is 0 Å². The number of piperidine rings is 1. The topological polar surface area (TPSA) is 79.5 Å². The fourth-order valence-electron chi connectivity index (χ4n) is 4.04. The van der Waals surface area contributed by atoms with Crippen molar-refractivity contribution < 1.29 is 9.18 Å². The second-order valence-corrected chi connectivity index (χ2v) is 9.44. The molecule has 0 aliphatic carbocycles. The largest absolute Gasteiger partial charge is 0.355 e. The zero-order valence-electron chi connectivity index (χ0n) is 17.9. The van der Waals surface area contributed by atoms with Gasteiger partial charge >= 0.3 is 0 Å². The molecule has 0 bridgehead atoms. The lowest BCUT2D eigenvalue weighted by atomic mass is 9.94. The van der Waals surface area contributed by atoms with Crippen LogP contribution in [0.2, 0.25) is 5.02 Å². The lowest BCUT2D eigenvalue weighted by molar-refractivity contribution is -0.123. The Morgan fingerprint density at radius 2 is 2.06 bits per heavy atom. The molecule has 8 nitrogen and oxygen atoms in total. The van der Waals surface area contributed by atoms with Gasteiger partial charge in [0.05, 0.1) is 11.6 Å². The van der Waals surface area contributed by atoms with Crippen LogP contribution < -0.4 is 9.80 Å². The van der Waals surface area contributed by atoms with Crippen LogP contribution in [0.25, 0.3) is 5.65 Å². The molecule has 4 aromatic rings. The molecular weight excluding hydrogens is 465 g/mol. The SMILES string of the molecule is Cc1ccsc1CN(C(=O)C1CCN(c2ccc3nnnn3n2)CC1)c1ccc(F)c(Cl)c1. The molecule has 1 aliphatic rings. The molecule has 1 saturated heterocycles. The number of carbonyl (C=O) groups excluding carboxylic acids is 1. The third-order valence-corrected chi connectivity index (χ3v) is 7.27. The molecule has 5 rings (SSSR count). The zero-order chi connectivity index (χ0) is 22.9. The molecule has 33 heavy (non-hydrogen) atoms. The Hall–Kier alpha value is -3.11. The highest BCUT2D eigenvalue weighted by atomic mass is 35.5. The van der Waals surface area contributed by atoms with Gasteiger partial charge in [-0.1, -0.05) is 11.6 Å². The number of rotatable bonds is 5. The van der Waals surface area contributed by atoms with E-state index in [2.05, 4.69) is 25.5 Å². The Balaban J connectivity index is 1.34. The summed E-state index contributed by atoms with van der Waals surface area (Å²) in [6.45, 7) is 3.83. The summed E-state index contributed by atoms with van der Waals surface area (Å²) >= 11 is 7.65. The van der Waals surface area contributed by atoms with Crippen molar-refractivity contribution >= 4 is 46.0 Å². The molecule has 1 aliphatic heterocycles. The van der Waals surface area contributed by atoms with E-state index in [-0.39, 0.29) is 16.8 Å². The molecule has 0 unspecified atom stereocenters. The van der Waals surface area contributed by atoms with Gasteiger partial charge in [0.25, 0.3) is 0 Å². The summed E-state index contributed by atoms with van der Waals surface area (Å²) in [5.74, 6) is 0.147. The number of nitrogens with zero attached hydrogens (tertiary/aromatic N) is 7. The highest BCUT2D eigenvalue weighted by Crippen LogP contribution is 2.30. The molecule has 1 aromatic carbocycles. The number of carbonyl (C=O) groups is 1. The van der Waals surface area contributed by atoms with Crippen LogP contribution in [0, 0.1) is 18.7 Å². The van der Waals surface area contributed by atoms with E-state index in [0.717, 1.165) is 16.3 Å². The Morgan fingerprint density at radius 3 is 2.79 bits per heavy atom. The molecule has 1 amide bonds. The van der Waals surface area contributed by atoms with Crippen molar-refractivity contribution in [2.45, 2.75) is 26.3 Å². The van der Waals surface area contributed by atoms with Crippen LogP contribution in [0.4, 0.5) is 15.9 Å². The van der Waals surface area contributed by atoms with Gasteiger partial charge in [-0.05, 0) is 77.5 Å². The van der Waals surface area contributed by atoms with Crippen molar-refractivity contribution in [1.82, 2.24) is 25.3 Å². The van der Waals surface area contributed by atoms with Crippen LogP contribution in [0.15, 0.2) is 41.8 Å². The number of aryl methyl sites for hydroxylation is 1. The van der Waals surface area contributed by atoms with Gasteiger partial charge in [0.2, 0.25) is 5.91 Å². The molecule has 0 atom stereocenters. The van der Waals surface area contributed by atoms with E-state index in [1.807, 2.05) is 30.5 Å². The maximum Gasteiger partial charge on any atom is 0.230 e. The Morgan fingerprint density at radius 1 is 1.24 bits per heavy atom. The van der Waals surface area contributed by atoms with E-state index in [1.54, 1.807) is 22.3 Å². The second-order valence-electron chi connectivity index (χ2n) is 8.03. The van der Waals surface area contributed by atoms with Crippen LogP contribution in [-0.2, 0) is 11.3 Å². The maximum absolute atomic E-state index is 13.8. The van der Waals surface area contributed by atoms with Gasteiger partial charge in [0, 0.05) is 29.6 Å². The highest BCUT2D eigenvalue weighted by Gasteiger charge is 2.31. The smallest absolute Gasteiger partial charge is 0.230 e. The molecule has 0 spiro atoms. The summed E-state index contributed by atoms with van der Waals surface area (Å²) in [5, 5.41) is 17.8. The lowest BCUT2D eigenvalue weighted by Crippen LogP contribution is -2.43. The summed E-state index contributed by atoms with van der Waals surface area (Å²) < 4.78 is 15.2. The molecule has 3 aromatic heterocycles. The highest BCUT2D eigenvalue weighted by molar-refractivity contribution is 7.10. The number of amides is 1. The molecule has 11 heteroatoms. The van der Waals surface area contributed by atoms with Crippen molar-refractivity contribution in [3.63, 3.8) is 0 Å². The number of tetrazole rings is 1. The summed E-state index contributed by atoms with van der Waals surface area (Å²) in [6, 6.07) is 10.2. The average Bonchev–Trinajstić information content (AvgIpc) is 3.47. The van der Waals surface area contributed by atoms with Gasteiger partial charge in [-0.15, -0.1) is 26.2 Å². The van der Waals surface area contributed by atoms with Crippen molar-refractivity contribution in [2.75, 3.05) is 22.9 Å². The van der Waals surface area contributed by atoms with Gasteiger partial charge in [-0.3, -0.25) is 4.79 Å². The quantitative estimate of drug-likeness (QED) is 0.423.